The van der Waals surface area contributed by atoms with Crippen LogP contribution >= 0.6 is 0 Å². The minimum absolute atomic E-state index is 0.200. The van der Waals surface area contributed by atoms with Crippen LogP contribution in [0.25, 0.3) is 0 Å². The first-order chi connectivity index (χ1) is 22.1. The fourth-order valence-electron chi connectivity index (χ4n) is 5.68. The summed E-state index contributed by atoms with van der Waals surface area (Å²) in [7, 11) is -3.57. The molecule has 4 rings (SSSR count). The molecule has 1 N–H and O–H groups in total. The van der Waals surface area contributed by atoms with Crippen LogP contribution in [0.5, 0.6) is 0 Å². The normalized spacial score (nSPS) is 17.4. The number of amides is 1. The van der Waals surface area contributed by atoms with Gasteiger partial charge in [-0.2, -0.15) is 0 Å². The zero-order valence-electron chi connectivity index (χ0n) is 29.0. The molecule has 0 spiro atoms. The maximum Gasteiger partial charge on any atom is 0.408 e. The van der Waals surface area contributed by atoms with Gasteiger partial charge in [0.2, 0.25) is 10.0 Å². The number of pyridine rings is 1. The Morgan fingerprint density at radius 3 is 2.11 bits per heavy atom. The summed E-state index contributed by atoms with van der Waals surface area (Å²) in [6.45, 7) is 13.9. The van der Waals surface area contributed by atoms with Crippen LogP contribution < -0.4 is 14.5 Å². The molecule has 0 bridgehead atoms. The Hall–Kier alpha value is -3.63. The first-order valence-corrected chi connectivity index (χ1v) is 18.4. The van der Waals surface area contributed by atoms with Gasteiger partial charge in [0.25, 0.3) is 0 Å². The van der Waals surface area contributed by atoms with E-state index in [2.05, 4.69) is 29.3 Å². The van der Waals surface area contributed by atoms with E-state index in [-0.39, 0.29) is 13.2 Å². The second-order valence-corrected chi connectivity index (χ2v) is 16.1. The van der Waals surface area contributed by atoms with Gasteiger partial charge in [0, 0.05) is 19.6 Å². The third kappa shape index (κ3) is 11.5. The first kappa shape index (κ1) is 36.2. The van der Waals surface area contributed by atoms with Gasteiger partial charge in [-0.3, -0.25) is 4.31 Å². The summed E-state index contributed by atoms with van der Waals surface area (Å²) in [4.78, 5) is 20.1. The van der Waals surface area contributed by atoms with Crippen molar-refractivity contribution in [2.45, 2.75) is 85.1 Å². The van der Waals surface area contributed by atoms with Gasteiger partial charge in [-0.25, -0.2) is 18.2 Å². The Morgan fingerprint density at radius 1 is 0.957 bits per heavy atom. The molecule has 0 radical (unpaired) electrons. The average Bonchev–Trinajstić information content (AvgIpc) is 3.68. The van der Waals surface area contributed by atoms with Crippen molar-refractivity contribution in [2.75, 3.05) is 35.2 Å². The van der Waals surface area contributed by atoms with Crippen molar-refractivity contribution in [1.82, 2.24) is 10.3 Å². The lowest BCUT2D eigenvalue weighted by atomic mass is 9.93. The Kier molecular flexibility index (Phi) is 12.0. The van der Waals surface area contributed by atoms with Gasteiger partial charge in [-0.15, -0.1) is 0 Å². The van der Waals surface area contributed by atoms with E-state index in [0.717, 1.165) is 29.7 Å². The number of nitrogens with zero attached hydrogens (tertiary/aromatic N) is 3. The minimum Gasteiger partial charge on any atom is -0.444 e. The van der Waals surface area contributed by atoms with Crippen molar-refractivity contribution in [3.05, 3.63) is 89.5 Å². The van der Waals surface area contributed by atoms with Crippen molar-refractivity contribution >= 4 is 27.8 Å². The van der Waals surface area contributed by atoms with Crippen LogP contribution in [0.1, 0.15) is 71.1 Å². The maximum atomic E-state index is 12.9. The molecule has 0 aliphatic heterocycles. The molecule has 1 heterocycles. The number of nitrogens with one attached hydrogen (secondary N) is 1. The molecule has 1 aliphatic carbocycles. The summed E-state index contributed by atoms with van der Waals surface area (Å²) in [5.74, 6) is 2.30. The highest BCUT2D eigenvalue weighted by Gasteiger charge is 2.35. The van der Waals surface area contributed by atoms with Crippen LogP contribution in [-0.4, -0.2) is 56.6 Å². The summed E-state index contributed by atoms with van der Waals surface area (Å²) in [5.41, 5.74) is 1.60. The molecule has 0 saturated heterocycles. The molecule has 3 atom stereocenters. The Balaban J connectivity index is 1.64. The van der Waals surface area contributed by atoms with Crippen LogP contribution in [-0.2, 0) is 39.1 Å². The number of benzene rings is 2. The van der Waals surface area contributed by atoms with Gasteiger partial charge in [0.15, 0.2) is 0 Å². The highest BCUT2D eigenvalue weighted by atomic mass is 32.2. The van der Waals surface area contributed by atoms with E-state index in [0.29, 0.717) is 49.4 Å². The molecule has 9 nitrogen and oxygen atoms in total. The van der Waals surface area contributed by atoms with Crippen molar-refractivity contribution < 1.29 is 22.7 Å². The molecule has 256 valence electrons. The van der Waals surface area contributed by atoms with E-state index >= 15 is 0 Å². The lowest BCUT2D eigenvalue weighted by Gasteiger charge is -2.32. The molecule has 1 aromatic heterocycles. The van der Waals surface area contributed by atoms with Gasteiger partial charge in [0.05, 0.1) is 25.0 Å². The minimum atomic E-state index is -3.57. The highest BCUT2D eigenvalue weighted by molar-refractivity contribution is 7.92. The topological polar surface area (TPSA) is 101 Å². The molecular formula is C37H52N4O5S. The first-order valence-electron chi connectivity index (χ1n) is 16.5. The number of carbonyl (C=O) groups is 1. The van der Waals surface area contributed by atoms with Crippen LogP contribution in [0.4, 0.5) is 16.4 Å². The predicted molar refractivity (Wildman–Crippen MR) is 189 cm³/mol. The lowest BCUT2D eigenvalue weighted by Crippen LogP contribution is -2.52. The number of hydrogen-bond donors (Lipinski definition) is 1. The second kappa shape index (κ2) is 15.5. The number of sulfonamides is 1. The molecule has 2 aromatic carbocycles. The summed E-state index contributed by atoms with van der Waals surface area (Å²) in [5, 5.41) is 3.05. The molecule has 1 saturated carbocycles. The lowest BCUT2D eigenvalue weighted by molar-refractivity contribution is 0.0287. The molecule has 47 heavy (non-hydrogen) atoms. The quantitative estimate of drug-likeness (QED) is 0.177. The van der Waals surface area contributed by atoms with E-state index in [1.165, 1.54) is 10.6 Å². The number of alkyl carbamates (subject to hydrolysis) is 1. The van der Waals surface area contributed by atoms with Crippen molar-refractivity contribution in [1.29, 1.82) is 0 Å². The molecule has 1 fully saturated rings. The number of ether oxygens (including phenoxy) is 2. The third-order valence-corrected chi connectivity index (χ3v) is 9.31. The van der Waals surface area contributed by atoms with Gasteiger partial charge in [-0.1, -0.05) is 74.5 Å². The van der Waals surface area contributed by atoms with E-state index in [1.807, 2.05) is 89.2 Å². The summed E-state index contributed by atoms with van der Waals surface area (Å²) in [6, 6.07) is 24.0. The fourth-order valence-corrected chi connectivity index (χ4v) is 6.63. The Labute approximate surface area is 281 Å². The van der Waals surface area contributed by atoms with Crippen molar-refractivity contribution in [2.24, 2.45) is 11.8 Å². The van der Waals surface area contributed by atoms with Gasteiger partial charge in [-0.05, 0) is 87.6 Å². The fraction of sp³-hybridized carbons (Fsp3) is 0.514. The predicted octanol–water partition coefficient (Wildman–Crippen LogP) is 6.96. The average molecular weight is 665 g/mol. The number of carbonyl (C=O) groups excluding carboxylic acids is 1. The number of aromatic nitrogens is 1. The molecule has 3 unspecified atom stereocenters. The van der Waals surface area contributed by atoms with Gasteiger partial charge < -0.3 is 19.7 Å². The SMILES string of the molecule is CCCN(c1cc(COCC(C)(Cc2ccccc2)NC(=O)OC(C)(C)C)cc(N(Cc2ccccc2)CC2CC2C)n1)S(C)(=O)=O. The third-order valence-electron chi connectivity index (χ3n) is 8.14. The molecular weight excluding hydrogens is 612 g/mol. The zero-order valence-corrected chi connectivity index (χ0v) is 29.8. The highest BCUT2D eigenvalue weighted by Crippen LogP contribution is 2.39. The van der Waals surface area contributed by atoms with E-state index < -0.39 is 27.3 Å². The Bertz CT molecular complexity index is 1560. The number of anilines is 2. The molecule has 1 aliphatic rings. The molecule has 3 aromatic rings. The summed E-state index contributed by atoms with van der Waals surface area (Å²) < 4.78 is 39.2. The van der Waals surface area contributed by atoms with E-state index in [9.17, 15) is 13.2 Å². The standard InChI is InChI=1S/C37H52N4O5S/c1-8-19-41(47(7,43)44)34-22-31(21-33(38-34)40(25-32-20-28(32)2)24-30-17-13-10-14-18-30)26-45-27-37(6,23-29-15-11-9-12-16-29)39-35(42)46-36(3,4)5/h9-18,21-22,28,32H,8,19-20,23-27H2,1-7H3,(H,39,42). The van der Waals surface area contributed by atoms with Crippen LogP contribution in [0.2, 0.25) is 0 Å². The zero-order chi connectivity index (χ0) is 34.2. The Morgan fingerprint density at radius 2 is 1.55 bits per heavy atom. The van der Waals surface area contributed by atoms with E-state index in [4.69, 9.17) is 14.5 Å². The molecule has 1 amide bonds. The summed E-state index contributed by atoms with van der Waals surface area (Å²) >= 11 is 0. The van der Waals surface area contributed by atoms with Gasteiger partial charge in [0.1, 0.15) is 17.2 Å². The van der Waals surface area contributed by atoms with Crippen LogP contribution in [0.15, 0.2) is 72.8 Å². The van der Waals surface area contributed by atoms with E-state index in [1.54, 1.807) is 6.07 Å². The van der Waals surface area contributed by atoms with Crippen LogP contribution in [0.3, 0.4) is 0 Å². The van der Waals surface area contributed by atoms with Gasteiger partial charge >= 0.3 is 6.09 Å². The number of hydrogen-bond acceptors (Lipinski definition) is 7. The van der Waals surface area contributed by atoms with Crippen LogP contribution in [0, 0.1) is 11.8 Å². The monoisotopic (exact) mass is 664 g/mol. The largest absolute Gasteiger partial charge is 0.444 e. The second-order valence-electron chi connectivity index (χ2n) is 14.2. The maximum absolute atomic E-state index is 12.9. The summed E-state index contributed by atoms with van der Waals surface area (Å²) in [6.07, 6.45) is 3.05. The number of rotatable bonds is 16. The van der Waals surface area contributed by atoms with Crippen molar-refractivity contribution in [3.8, 4) is 0 Å². The van der Waals surface area contributed by atoms with Crippen molar-refractivity contribution in [3.63, 3.8) is 0 Å². The molecule has 10 heteroatoms. The smallest absolute Gasteiger partial charge is 0.408 e.